The van der Waals surface area contributed by atoms with Crippen LogP contribution < -0.4 is 5.32 Å². The van der Waals surface area contributed by atoms with Gasteiger partial charge in [0.2, 0.25) is 5.91 Å². The van der Waals surface area contributed by atoms with Crippen molar-refractivity contribution in [2.45, 2.75) is 19.3 Å². The molecule has 1 saturated carbocycles. The van der Waals surface area contributed by atoms with Crippen LogP contribution in [0.25, 0.3) is 0 Å². The van der Waals surface area contributed by atoms with Crippen molar-refractivity contribution < 1.29 is 9.53 Å². The highest BCUT2D eigenvalue weighted by molar-refractivity contribution is 5.79. The van der Waals surface area contributed by atoms with Crippen molar-refractivity contribution in [3.8, 4) is 0 Å². The summed E-state index contributed by atoms with van der Waals surface area (Å²) < 4.78 is 5.26. The van der Waals surface area contributed by atoms with Crippen molar-refractivity contribution >= 4 is 5.91 Å². The van der Waals surface area contributed by atoms with Crippen LogP contribution >= 0.6 is 0 Å². The third-order valence-corrected chi connectivity index (χ3v) is 3.31. The summed E-state index contributed by atoms with van der Waals surface area (Å²) in [4.78, 5) is 13.9. The highest BCUT2D eigenvalue weighted by Crippen LogP contribution is 2.25. The van der Waals surface area contributed by atoms with Crippen LogP contribution in [0, 0.1) is 5.92 Å². The Kier molecular flexibility index (Phi) is 3.97. The van der Waals surface area contributed by atoms with Crippen LogP contribution in [-0.4, -0.2) is 50.2 Å². The first kappa shape index (κ1) is 10.9. The van der Waals surface area contributed by atoms with Crippen LogP contribution in [-0.2, 0) is 9.53 Å². The van der Waals surface area contributed by atoms with Gasteiger partial charge in [-0.2, -0.15) is 0 Å². The fourth-order valence-corrected chi connectivity index (χ4v) is 1.98. The lowest BCUT2D eigenvalue weighted by Gasteiger charge is -2.28. The molecule has 0 radical (unpaired) electrons. The molecule has 4 nitrogen and oxygen atoms in total. The van der Waals surface area contributed by atoms with Crippen LogP contribution in [0.2, 0.25) is 0 Å². The molecule has 0 atom stereocenters. The van der Waals surface area contributed by atoms with E-state index in [1.807, 2.05) is 0 Å². The number of nitrogens with zero attached hydrogens (tertiary/aromatic N) is 1. The maximum absolute atomic E-state index is 11.5. The van der Waals surface area contributed by atoms with Crippen LogP contribution in [0.3, 0.4) is 0 Å². The lowest BCUT2D eigenvalue weighted by atomic mass is 9.85. The number of hydrogen-bond acceptors (Lipinski definition) is 3. The van der Waals surface area contributed by atoms with E-state index in [0.717, 1.165) is 52.2 Å². The molecule has 0 unspecified atom stereocenters. The second-order valence-corrected chi connectivity index (χ2v) is 4.37. The summed E-state index contributed by atoms with van der Waals surface area (Å²) in [5, 5.41) is 3.01. The number of carbonyl (C=O) groups excluding carboxylic acids is 1. The highest BCUT2D eigenvalue weighted by atomic mass is 16.5. The molecule has 1 N–H and O–H groups in total. The van der Waals surface area contributed by atoms with Gasteiger partial charge in [-0.3, -0.25) is 9.69 Å². The Bertz CT molecular complexity index is 211. The van der Waals surface area contributed by atoms with Crippen molar-refractivity contribution in [2.75, 3.05) is 39.4 Å². The molecule has 0 spiro atoms. The van der Waals surface area contributed by atoms with Gasteiger partial charge in [-0.15, -0.1) is 0 Å². The molecule has 4 heteroatoms. The van der Waals surface area contributed by atoms with Crippen molar-refractivity contribution in [1.82, 2.24) is 10.2 Å². The van der Waals surface area contributed by atoms with Gasteiger partial charge in [0.25, 0.3) is 0 Å². The molecule has 0 aromatic carbocycles. The number of nitrogens with one attached hydrogen (secondary N) is 1. The monoisotopic (exact) mass is 212 g/mol. The molecule has 1 saturated heterocycles. The van der Waals surface area contributed by atoms with Gasteiger partial charge in [0, 0.05) is 32.1 Å². The van der Waals surface area contributed by atoms with E-state index in [1.165, 1.54) is 6.42 Å². The molecule has 2 rings (SSSR count). The van der Waals surface area contributed by atoms with Gasteiger partial charge in [-0.1, -0.05) is 6.42 Å². The predicted molar refractivity (Wildman–Crippen MR) is 57.6 cm³/mol. The number of hydrogen-bond donors (Lipinski definition) is 1. The van der Waals surface area contributed by atoms with Crippen molar-refractivity contribution in [3.63, 3.8) is 0 Å². The minimum absolute atomic E-state index is 0.259. The maximum Gasteiger partial charge on any atom is 0.223 e. The summed E-state index contributed by atoms with van der Waals surface area (Å²) in [5.41, 5.74) is 0. The Balaban J connectivity index is 1.55. The van der Waals surface area contributed by atoms with E-state index in [0.29, 0.717) is 5.92 Å². The minimum atomic E-state index is 0.259. The molecule has 1 amide bonds. The average Bonchev–Trinajstić information content (AvgIpc) is 2.16. The highest BCUT2D eigenvalue weighted by Gasteiger charge is 2.24. The zero-order valence-corrected chi connectivity index (χ0v) is 9.21. The zero-order valence-electron chi connectivity index (χ0n) is 9.21. The lowest BCUT2D eigenvalue weighted by molar-refractivity contribution is -0.127. The number of ether oxygens (including phenoxy) is 1. The van der Waals surface area contributed by atoms with Crippen molar-refractivity contribution in [2.24, 2.45) is 5.92 Å². The molecular weight excluding hydrogens is 192 g/mol. The lowest BCUT2D eigenvalue weighted by Crippen LogP contribution is -2.43. The van der Waals surface area contributed by atoms with E-state index in [9.17, 15) is 4.79 Å². The smallest absolute Gasteiger partial charge is 0.223 e. The van der Waals surface area contributed by atoms with E-state index >= 15 is 0 Å². The average molecular weight is 212 g/mol. The van der Waals surface area contributed by atoms with Gasteiger partial charge in [0.1, 0.15) is 0 Å². The summed E-state index contributed by atoms with van der Waals surface area (Å²) in [6, 6.07) is 0. The largest absolute Gasteiger partial charge is 0.379 e. The summed E-state index contributed by atoms with van der Waals surface area (Å²) in [5.74, 6) is 0.573. The number of carbonyl (C=O) groups is 1. The molecule has 1 aliphatic heterocycles. The minimum Gasteiger partial charge on any atom is -0.379 e. The first-order valence-corrected chi connectivity index (χ1v) is 5.94. The molecule has 15 heavy (non-hydrogen) atoms. The Morgan fingerprint density at radius 1 is 1.33 bits per heavy atom. The molecule has 0 aromatic rings. The molecule has 1 aliphatic carbocycles. The van der Waals surface area contributed by atoms with Gasteiger partial charge in [-0.25, -0.2) is 0 Å². The van der Waals surface area contributed by atoms with Gasteiger partial charge < -0.3 is 10.1 Å². The van der Waals surface area contributed by atoms with Crippen LogP contribution in [0.15, 0.2) is 0 Å². The van der Waals surface area contributed by atoms with E-state index in [-0.39, 0.29) is 5.91 Å². The summed E-state index contributed by atoms with van der Waals surface area (Å²) in [6.45, 7) is 5.41. The van der Waals surface area contributed by atoms with Gasteiger partial charge in [0.05, 0.1) is 13.2 Å². The fraction of sp³-hybridized carbons (Fsp3) is 0.909. The summed E-state index contributed by atoms with van der Waals surface area (Å²) >= 11 is 0. The zero-order chi connectivity index (χ0) is 10.5. The Labute approximate surface area is 91.0 Å². The number of rotatable bonds is 4. The van der Waals surface area contributed by atoms with E-state index in [1.54, 1.807) is 0 Å². The molecule has 0 aromatic heterocycles. The third kappa shape index (κ3) is 3.18. The quantitative estimate of drug-likeness (QED) is 0.725. The van der Waals surface area contributed by atoms with Crippen LogP contribution in [0.1, 0.15) is 19.3 Å². The van der Waals surface area contributed by atoms with Crippen LogP contribution in [0.5, 0.6) is 0 Å². The van der Waals surface area contributed by atoms with Gasteiger partial charge in [-0.05, 0) is 12.8 Å². The van der Waals surface area contributed by atoms with Crippen molar-refractivity contribution in [1.29, 1.82) is 0 Å². The van der Waals surface area contributed by atoms with E-state index in [2.05, 4.69) is 10.2 Å². The molecule has 1 heterocycles. The summed E-state index contributed by atoms with van der Waals surface area (Å²) in [6.07, 6.45) is 3.40. The molecule has 86 valence electrons. The Morgan fingerprint density at radius 3 is 2.67 bits per heavy atom. The van der Waals surface area contributed by atoms with E-state index in [4.69, 9.17) is 4.74 Å². The first-order chi connectivity index (χ1) is 7.36. The molecule has 0 bridgehead atoms. The number of morpholine rings is 1. The van der Waals surface area contributed by atoms with Crippen LogP contribution in [0.4, 0.5) is 0 Å². The SMILES string of the molecule is O=C(NCCN1CCOCC1)C1CCC1. The second kappa shape index (κ2) is 5.47. The second-order valence-electron chi connectivity index (χ2n) is 4.37. The summed E-state index contributed by atoms with van der Waals surface area (Å²) in [7, 11) is 0. The Morgan fingerprint density at radius 2 is 2.07 bits per heavy atom. The fourth-order valence-electron chi connectivity index (χ4n) is 1.98. The molecule has 2 fully saturated rings. The maximum atomic E-state index is 11.5. The predicted octanol–water partition coefficient (Wildman–Crippen LogP) is 0.235. The Hall–Kier alpha value is -0.610. The first-order valence-electron chi connectivity index (χ1n) is 5.94. The van der Waals surface area contributed by atoms with Gasteiger partial charge in [0.15, 0.2) is 0 Å². The normalized spacial score (nSPS) is 23.5. The molecule has 2 aliphatic rings. The van der Waals surface area contributed by atoms with E-state index < -0.39 is 0 Å². The topological polar surface area (TPSA) is 41.6 Å². The third-order valence-electron chi connectivity index (χ3n) is 3.31. The molecular formula is C11H20N2O2. The number of amides is 1. The van der Waals surface area contributed by atoms with Crippen molar-refractivity contribution in [3.05, 3.63) is 0 Å². The standard InChI is InChI=1S/C11H20N2O2/c14-11(10-2-1-3-10)12-4-5-13-6-8-15-9-7-13/h10H,1-9H2,(H,12,14). The van der Waals surface area contributed by atoms with Gasteiger partial charge >= 0.3 is 0 Å².